The third-order valence-electron chi connectivity index (χ3n) is 4.10. The van der Waals surface area contributed by atoms with Gasteiger partial charge in [0.1, 0.15) is 0 Å². The predicted molar refractivity (Wildman–Crippen MR) is 106 cm³/mol. The van der Waals surface area contributed by atoms with Gasteiger partial charge in [0.2, 0.25) is 0 Å². The number of aromatic nitrogens is 4. The monoisotopic (exact) mass is 451 g/mol. The van der Waals surface area contributed by atoms with Gasteiger partial charge in [-0.3, -0.25) is 4.79 Å². The highest BCUT2D eigenvalue weighted by atomic mass is 35.5. The number of anilines is 1. The fourth-order valence-electron chi connectivity index (χ4n) is 2.72. The Labute approximate surface area is 177 Å². The van der Waals surface area contributed by atoms with E-state index in [-0.39, 0.29) is 27.9 Å². The first kappa shape index (κ1) is 20.1. The summed E-state index contributed by atoms with van der Waals surface area (Å²) in [5.74, 6) is -0.753. The van der Waals surface area contributed by atoms with Crippen molar-refractivity contribution in [2.45, 2.75) is 6.18 Å². The van der Waals surface area contributed by atoms with Crippen molar-refractivity contribution in [1.29, 1.82) is 0 Å². The molecule has 1 aromatic carbocycles. The zero-order chi connectivity index (χ0) is 21.5. The molecular weight excluding hydrogens is 442 g/mol. The topological polar surface area (TPSA) is 72.2 Å². The number of pyridine rings is 1. The molecule has 3 heterocycles. The van der Waals surface area contributed by atoms with Gasteiger partial charge in [0.05, 0.1) is 11.4 Å². The summed E-state index contributed by atoms with van der Waals surface area (Å²) in [6, 6.07) is 11.3. The molecule has 0 saturated heterocycles. The van der Waals surface area contributed by atoms with E-state index in [0.29, 0.717) is 15.1 Å². The van der Waals surface area contributed by atoms with Crippen LogP contribution in [0.15, 0.2) is 54.7 Å². The lowest BCUT2D eigenvalue weighted by Crippen LogP contribution is -2.16. The normalized spacial score (nSPS) is 11.6. The highest BCUT2D eigenvalue weighted by molar-refractivity contribution is 6.32. The van der Waals surface area contributed by atoms with Crippen LogP contribution in [0.5, 0.6) is 0 Å². The summed E-state index contributed by atoms with van der Waals surface area (Å²) in [5.41, 5.74) is -0.781. The standard InChI is InChI=1S/C19H10Cl2F3N5O/c20-11-5-3-10(4-6-11)13-8-15(19(22,23)24)29-16(26-13)9-14(28-29)18(30)27-12-2-1-7-25-17(12)21/h1-9H,(H,27,30). The third kappa shape index (κ3) is 3.94. The molecule has 0 fully saturated rings. The van der Waals surface area contributed by atoms with Gasteiger partial charge in [-0.25, -0.2) is 14.5 Å². The van der Waals surface area contributed by atoms with E-state index in [2.05, 4.69) is 20.4 Å². The maximum Gasteiger partial charge on any atom is 0.433 e. The van der Waals surface area contributed by atoms with Gasteiger partial charge in [0, 0.05) is 22.8 Å². The van der Waals surface area contributed by atoms with Crippen LogP contribution in [0.4, 0.5) is 18.9 Å². The van der Waals surface area contributed by atoms with Crippen LogP contribution in [0.3, 0.4) is 0 Å². The molecule has 0 aliphatic heterocycles. The Balaban J connectivity index is 1.80. The van der Waals surface area contributed by atoms with Gasteiger partial charge in [-0.05, 0) is 30.3 Å². The minimum absolute atomic E-state index is 0.0359. The van der Waals surface area contributed by atoms with Crippen molar-refractivity contribution >= 4 is 40.4 Å². The van der Waals surface area contributed by atoms with E-state index >= 15 is 0 Å². The molecule has 0 bridgehead atoms. The number of nitrogens with zero attached hydrogens (tertiary/aromatic N) is 4. The van der Waals surface area contributed by atoms with E-state index in [1.807, 2.05) is 0 Å². The number of benzene rings is 1. The minimum Gasteiger partial charge on any atom is -0.318 e. The zero-order valence-electron chi connectivity index (χ0n) is 14.8. The first-order chi connectivity index (χ1) is 14.2. The quantitative estimate of drug-likeness (QED) is 0.425. The maximum absolute atomic E-state index is 13.7. The number of fused-ring (bicyclic) bond motifs is 1. The van der Waals surface area contributed by atoms with Crippen molar-refractivity contribution in [2.24, 2.45) is 0 Å². The Morgan fingerprint density at radius 3 is 2.47 bits per heavy atom. The van der Waals surface area contributed by atoms with Gasteiger partial charge in [0.25, 0.3) is 5.91 Å². The summed E-state index contributed by atoms with van der Waals surface area (Å²) in [4.78, 5) is 20.5. The third-order valence-corrected chi connectivity index (χ3v) is 4.65. The molecule has 0 saturated carbocycles. The molecule has 4 rings (SSSR count). The molecule has 30 heavy (non-hydrogen) atoms. The van der Waals surface area contributed by atoms with Crippen molar-refractivity contribution < 1.29 is 18.0 Å². The molecular formula is C19H10Cl2F3N5O. The van der Waals surface area contributed by atoms with E-state index in [9.17, 15) is 18.0 Å². The average Bonchev–Trinajstić information content (AvgIpc) is 3.13. The van der Waals surface area contributed by atoms with Crippen molar-refractivity contribution in [1.82, 2.24) is 19.6 Å². The van der Waals surface area contributed by atoms with Crippen LogP contribution in [-0.4, -0.2) is 25.5 Å². The SMILES string of the molecule is O=C(Nc1cccnc1Cl)c1cc2nc(-c3ccc(Cl)cc3)cc(C(F)(F)F)n2n1. The van der Waals surface area contributed by atoms with E-state index in [0.717, 1.165) is 12.1 Å². The molecule has 1 amide bonds. The number of hydrogen-bond acceptors (Lipinski definition) is 4. The van der Waals surface area contributed by atoms with Gasteiger partial charge in [0.15, 0.2) is 22.2 Å². The van der Waals surface area contributed by atoms with Crippen LogP contribution in [0.2, 0.25) is 10.2 Å². The van der Waals surface area contributed by atoms with Crippen molar-refractivity contribution in [3.63, 3.8) is 0 Å². The lowest BCUT2D eigenvalue weighted by molar-refractivity contribution is -0.142. The lowest BCUT2D eigenvalue weighted by atomic mass is 10.1. The summed E-state index contributed by atoms with van der Waals surface area (Å²) < 4.78 is 41.5. The molecule has 4 aromatic rings. The van der Waals surface area contributed by atoms with Gasteiger partial charge in [-0.15, -0.1) is 0 Å². The predicted octanol–water partition coefficient (Wildman–Crippen LogP) is 5.37. The van der Waals surface area contributed by atoms with Crippen LogP contribution < -0.4 is 5.32 Å². The van der Waals surface area contributed by atoms with E-state index in [4.69, 9.17) is 23.2 Å². The van der Waals surface area contributed by atoms with E-state index in [1.165, 1.54) is 12.3 Å². The Kier molecular flexibility index (Phi) is 5.08. The molecule has 0 aliphatic rings. The van der Waals surface area contributed by atoms with Crippen LogP contribution >= 0.6 is 23.2 Å². The minimum atomic E-state index is -4.73. The molecule has 0 aliphatic carbocycles. The maximum atomic E-state index is 13.7. The summed E-state index contributed by atoms with van der Waals surface area (Å²) in [7, 11) is 0. The number of carbonyl (C=O) groups is 1. The van der Waals surface area contributed by atoms with Crippen LogP contribution in [0, 0.1) is 0 Å². The molecule has 1 N–H and O–H groups in total. The molecule has 3 aromatic heterocycles. The van der Waals surface area contributed by atoms with Gasteiger partial charge < -0.3 is 5.32 Å². The average molecular weight is 452 g/mol. The summed E-state index contributed by atoms with van der Waals surface area (Å²) in [6.45, 7) is 0. The van der Waals surface area contributed by atoms with E-state index in [1.54, 1.807) is 30.3 Å². The number of hydrogen-bond donors (Lipinski definition) is 1. The molecule has 0 spiro atoms. The molecule has 152 valence electrons. The van der Waals surface area contributed by atoms with Gasteiger partial charge in [-0.1, -0.05) is 35.3 Å². The van der Waals surface area contributed by atoms with Crippen LogP contribution in [0.1, 0.15) is 16.2 Å². The fourth-order valence-corrected chi connectivity index (χ4v) is 3.01. The number of carbonyl (C=O) groups excluding carboxylic acids is 1. The number of nitrogens with one attached hydrogen (secondary N) is 1. The zero-order valence-corrected chi connectivity index (χ0v) is 16.3. The molecule has 6 nitrogen and oxygen atoms in total. The highest BCUT2D eigenvalue weighted by Crippen LogP contribution is 2.32. The molecule has 0 atom stereocenters. The van der Waals surface area contributed by atoms with Gasteiger partial charge in [-0.2, -0.15) is 18.3 Å². The molecule has 0 unspecified atom stereocenters. The lowest BCUT2D eigenvalue weighted by Gasteiger charge is -2.11. The number of alkyl halides is 3. The first-order valence-corrected chi connectivity index (χ1v) is 9.14. The van der Waals surface area contributed by atoms with Crippen molar-refractivity contribution in [3.05, 3.63) is 76.3 Å². The van der Waals surface area contributed by atoms with Crippen molar-refractivity contribution in [2.75, 3.05) is 5.32 Å². The van der Waals surface area contributed by atoms with Gasteiger partial charge >= 0.3 is 6.18 Å². The smallest absolute Gasteiger partial charge is 0.318 e. The first-order valence-electron chi connectivity index (χ1n) is 8.38. The van der Waals surface area contributed by atoms with Crippen LogP contribution in [-0.2, 0) is 6.18 Å². The highest BCUT2D eigenvalue weighted by Gasteiger charge is 2.35. The Bertz CT molecular complexity index is 1260. The summed E-state index contributed by atoms with van der Waals surface area (Å²) in [5, 5.41) is 6.73. The number of amides is 1. The Morgan fingerprint density at radius 2 is 1.80 bits per heavy atom. The fraction of sp³-hybridized carbons (Fsp3) is 0.0526. The van der Waals surface area contributed by atoms with Crippen LogP contribution in [0.25, 0.3) is 16.9 Å². The summed E-state index contributed by atoms with van der Waals surface area (Å²) in [6.07, 6.45) is -3.30. The largest absolute Gasteiger partial charge is 0.433 e. The Morgan fingerprint density at radius 1 is 1.07 bits per heavy atom. The van der Waals surface area contributed by atoms with E-state index < -0.39 is 17.8 Å². The second-order valence-corrected chi connectivity index (χ2v) is 6.92. The molecule has 11 heteroatoms. The van der Waals surface area contributed by atoms with Crippen molar-refractivity contribution in [3.8, 4) is 11.3 Å². The number of rotatable bonds is 3. The molecule has 0 radical (unpaired) electrons. The summed E-state index contributed by atoms with van der Waals surface area (Å²) >= 11 is 11.7. The Hall–Kier alpha value is -3.17. The second kappa shape index (κ2) is 7.58. The second-order valence-electron chi connectivity index (χ2n) is 6.13. The number of halogens is 5.